The third kappa shape index (κ3) is 4.00. The Balaban J connectivity index is 1.52. The number of ketones is 1. The van der Waals surface area contributed by atoms with Crippen LogP contribution in [-0.2, 0) is 17.8 Å². The minimum Gasteiger partial charge on any atom is -0.372 e. The molecule has 1 aliphatic rings. The lowest BCUT2D eigenvalue weighted by atomic mass is 9.96. The van der Waals surface area contributed by atoms with Crippen molar-refractivity contribution in [1.29, 1.82) is 0 Å². The summed E-state index contributed by atoms with van der Waals surface area (Å²) >= 11 is 8.06. The van der Waals surface area contributed by atoms with Crippen LogP contribution in [0.3, 0.4) is 0 Å². The van der Waals surface area contributed by atoms with E-state index in [2.05, 4.69) is 40.0 Å². The van der Waals surface area contributed by atoms with E-state index in [1.807, 2.05) is 34.9 Å². The van der Waals surface area contributed by atoms with Gasteiger partial charge in [0.25, 0.3) is 0 Å². The number of rotatable bonds is 6. The van der Waals surface area contributed by atoms with Crippen LogP contribution < -0.4 is 0 Å². The molecule has 1 atom stereocenters. The molecule has 0 amide bonds. The molecule has 32 heavy (non-hydrogen) atoms. The molecule has 3 aromatic heterocycles. The van der Waals surface area contributed by atoms with Gasteiger partial charge in [0.15, 0.2) is 21.7 Å². The van der Waals surface area contributed by atoms with Crippen LogP contribution in [0.5, 0.6) is 0 Å². The van der Waals surface area contributed by atoms with Crippen molar-refractivity contribution >= 4 is 72.4 Å². The zero-order valence-corrected chi connectivity index (χ0v) is 21.8. The number of hydrogen-bond donors (Lipinski definition) is 0. The summed E-state index contributed by atoms with van der Waals surface area (Å²) in [6, 6.07) is 7.42. The predicted octanol–water partition coefficient (Wildman–Crippen LogP) is 5.90. The Kier molecular flexibility index (Phi) is 6.32. The van der Waals surface area contributed by atoms with Gasteiger partial charge < -0.3 is 4.74 Å². The molecule has 0 unspecified atom stereocenters. The largest absolute Gasteiger partial charge is 0.372 e. The molecule has 1 aliphatic heterocycles. The van der Waals surface area contributed by atoms with Crippen LogP contribution >= 0.6 is 50.8 Å². The second kappa shape index (κ2) is 9.06. The van der Waals surface area contributed by atoms with Crippen molar-refractivity contribution in [1.82, 2.24) is 19.6 Å². The van der Waals surface area contributed by atoms with Crippen LogP contribution in [0.1, 0.15) is 34.6 Å². The average molecular weight is 550 g/mol. The van der Waals surface area contributed by atoms with Crippen molar-refractivity contribution in [3.05, 3.63) is 44.7 Å². The van der Waals surface area contributed by atoms with Crippen LogP contribution in [0.2, 0.25) is 0 Å². The molecular formula is C22H21BrN4O2S3. The van der Waals surface area contributed by atoms with Crippen LogP contribution in [0.4, 0.5) is 0 Å². The Labute approximate surface area is 206 Å². The quantitative estimate of drug-likeness (QED) is 0.169. The minimum absolute atomic E-state index is 0.0591. The lowest BCUT2D eigenvalue weighted by molar-refractivity contribution is 0.00203. The maximum atomic E-state index is 12.7. The summed E-state index contributed by atoms with van der Waals surface area (Å²) < 4.78 is 9.03. The maximum Gasteiger partial charge on any atom is 0.198 e. The monoisotopic (exact) mass is 548 g/mol. The molecule has 0 spiro atoms. The smallest absolute Gasteiger partial charge is 0.198 e. The van der Waals surface area contributed by atoms with Gasteiger partial charge in [-0.3, -0.25) is 4.79 Å². The van der Waals surface area contributed by atoms with E-state index in [1.165, 1.54) is 22.2 Å². The van der Waals surface area contributed by atoms with Crippen molar-refractivity contribution in [3.8, 4) is 0 Å². The second-order valence-corrected chi connectivity index (χ2v) is 11.7. The number of Topliss-reactive ketones (excluding diaryl/α,β-unsaturated/α-hetero) is 1. The number of nitrogens with zero attached hydrogens (tertiary/aromatic N) is 4. The first kappa shape index (κ1) is 22.3. The predicted molar refractivity (Wildman–Crippen MR) is 134 cm³/mol. The number of halogens is 1. The van der Waals surface area contributed by atoms with Gasteiger partial charge in [0, 0.05) is 21.3 Å². The Morgan fingerprint density at radius 2 is 2.06 bits per heavy atom. The van der Waals surface area contributed by atoms with Crippen molar-refractivity contribution in [2.75, 3.05) is 12.0 Å². The molecular weight excluding hydrogens is 528 g/mol. The summed E-state index contributed by atoms with van der Waals surface area (Å²) in [5.41, 5.74) is 2.79. The van der Waals surface area contributed by atoms with Gasteiger partial charge in [-0.05, 0) is 29.9 Å². The molecule has 4 aromatic rings. The first-order valence-corrected chi connectivity index (χ1v) is 14.0. The van der Waals surface area contributed by atoms with Gasteiger partial charge in [-0.25, -0.2) is 9.38 Å². The van der Waals surface area contributed by atoms with Crippen molar-refractivity contribution in [2.45, 2.75) is 43.3 Å². The zero-order valence-electron chi connectivity index (χ0n) is 17.8. The topological polar surface area (TPSA) is 69.4 Å². The normalized spacial score (nSPS) is 16.2. The molecule has 0 radical (unpaired) electrons. The first-order chi connectivity index (χ1) is 15.5. The van der Waals surface area contributed by atoms with Gasteiger partial charge >= 0.3 is 0 Å². The number of ether oxygens (including phenoxy) is 1. The van der Waals surface area contributed by atoms with E-state index >= 15 is 0 Å². The molecule has 0 N–H and O–H groups in total. The summed E-state index contributed by atoms with van der Waals surface area (Å²) in [6.07, 6.45) is 3.06. The third-order valence-corrected chi connectivity index (χ3v) is 8.77. The minimum atomic E-state index is 0.0591. The van der Waals surface area contributed by atoms with Crippen molar-refractivity contribution in [3.63, 3.8) is 0 Å². The number of thiophene rings is 1. The summed E-state index contributed by atoms with van der Waals surface area (Å²) in [6.45, 7) is 5.01. The van der Waals surface area contributed by atoms with Gasteiger partial charge in [0.05, 0.1) is 23.8 Å². The lowest BCUT2D eigenvalue weighted by Crippen LogP contribution is -2.26. The molecule has 0 bridgehead atoms. The maximum absolute atomic E-state index is 12.7. The molecule has 0 saturated heterocycles. The van der Waals surface area contributed by atoms with E-state index in [1.54, 1.807) is 23.1 Å². The van der Waals surface area contributed by atoms with E-state index in [4.69, 9.17) is 9.72 Å². The highest BCUT2D eigenvalue weighted by atomic mass is 79.9. The Hall–Kier alpha value is -1.46. The van der Waals surface area contributed by atoms with Crippen LogP contribution in [0.25, 0.3) is 15.9 Å². The standard InChI is InChI=1S/C22H21BrN4O2S3/c1-11(2)16-8-14-17(9-29-16)32-20-18(14)19-25-26-22(27(19)21(24-20)30-3)31-10-15(28)12-4-6-13(23)7-5-12/h4-7,11,16H,8-10H2,1-3H3/t16-/m1/s1. The number of carbonyl (C=O) groups is 1. The van der Waals surface area contributed by atoms with Crippen LogP contribution in [-0.4, -0.2) is 43.5 Å². The van der Waals surface area contributed by atoms with Gasteiger partial charge in [-0.1, -0.05) is 65.4 Å². The Bertz CT molecular complexity index is 1320. The van der Waals surface area contributed by atoms with Crippen molar-refractivity contribution in [2.24, 2.45) is 5.92 Å². The zero-order chi connectivity index (χ0) is 22.4. The molecule has 1 aromatic carbocycles. The van der Waals surface area contributed by atoms with E-state index in [0.717, 1.165) is 31.9 Å². The van der Waals surface area contributed by atoms with E-state index in [0.29, 0.717) is 29.0 Å². The Morgan fingerprint density at radius 1 is 1.28 bits per heavy atom. The number of aromatic nitrogens is 4. The van der Waals surface area contributed by atoms with Crippen LogP contribution in [0.15, 0.2) is 39.1 Å². The summed E-state index contributed by atoms with van der Waals surface area (Å²) in [7, 11) is 0. The lowest BCUT2D eigenvalue weighted by Gasteiger charge is -2.26. The molecule has 10 heteroatoms. The highest BCUT2D eigenvalue weighted by Gasteiger charge is 2.29. The first-order valence-electron chi connectivity index (χ1n) is 10.2. The fourth-order valence-corrected chi connectivity index (χ4v) is 6.69. The molecule has 0 aliphatic carbocycles. The van der Waals surface area contributed by atoms with Gasteiger partial charge in [0.1, 0.15) is 4.83 Å². The van der Waals surface area contributed by atoms with E-state index in [9.17, 15) is 4.79 Å². The summed E-state index contributed by atoms with van der Waals surface area (Å²) in [4.78, 5) is 19.8. The van der Waals surface area contributed by atoms with Gasteiger partial charge in [0.2, 0.25) is 0 Å². The van der Waals surface area contributed by atoms with E-state index < -0.39 is 0 Å². The number of fused-ring (bicyclic) bond motifs is 5. The fraction of sp³-hybridized carbons (Fsp3) is 0.364. The van der Waals surface area contributed by atoms with Gasteiger partial charge in [-0.2, -0.15) is 0 Å². The van der Waals surface area contributed by atoms with Crippen molar-refractivity contribution < 1.29 is 9.53 Å². The molecule has 0 fully saturated rings. The molecule has 6 nitrogen and oxygen atoms in total. The Morgan fingerprint density at radius 3 is 2.78 bits per heavy atom. The highest BCUT2D eigenvalue weighted by Crippen LogP contribution is 2.40. The summed E-state index contributed by atoms with van der Waals surface area (Å²) in [5.74, 6) is 0.796. The number of carbonyl (C=O) groups excluding carboxylic acids is 1. The SMILES string of the molecule is CSc1nc2sc3c(c2c2nnc(SCC(=O)c4ccc(Br)cc4)n12)C[C@H](C(C)C)OC3. The van der Waals surface area contributed by atoms with Crippen LogP contribution in [0, 0.1) is 5.92 Å². The van der Waals surface area contributed by atoms with E-state index in [-0.39, 0.29) is 11.9 Å². The highest BCUT2D eigenvalue weighted by molar-refractivity contribution is 9.10. The number of hydrogen-bond acceptors (Lipinski definition) is 8. The molecule has 4 heterocycles. The third-order valence-electron chi connectivity index (χ3n) is 5.58. The summed E-state index contributed by atoms with van der Waals surface area (Å²) in [5, 5.41) is 11.6. The number of benzene rings is 1. The fourth-order valence-electron chi connectivity index (χ4n) is 3.83. The molecule has 0 saturated carbocycles. The second-order valence-electron chi connectivity index (χ2n) is 7.94. The van der Waals surface area contributed by atoms with Gasteiger partial charge in [-0.15, -0.1) is 21.5 Å². The molecule has 166 valence electrons. The molecule has 5 rings (SSSR count). The number of thioether (sulfide) groups is 2. The average Bonchev–Trinajstić information content (AvgIpc) is 3.37.